The Morgan fingerprint density at radius 2 is 2.11 bits per heavy atom. The van der Waals surface area contributed by atoms with E-state index in [1.54, 1.807) is 0 Å². The van der Waals surface area contributed by atoms with E-state index in [2.05, 4.69) is 52.4 Å². The Hall–Kier alpha value is -0.340. The SMILES string of the molecule is CCCNC(CCCc1ccccc1Br)C1CC1. The molecule has 1 aromatic carbocycles. The predicted molar refractivity (Wildman–Crippen MR) is 81.9 cm³/mol. The van der Waals surface area contributed by atoms with Crippen molar-refractivity contribution >= 4 is 15.9 Å². The molecule has 2 rings (SSSR count). The van der Waals surface area contributed by atoms with Crippen LogP contribution in [0.5, 0.6) is 0 Å². The lowest BCUT2D eigenvalue weighted by molar-refractivity contribution is 0.425. The van der Waals surface area contributed by atoms with E-state index in [1.165, 1.54) is 55.1 Å². The highest BCUT2D eigenvalue weighted by Gasteiger charge is 2.29. The number of halogens is 1. The minimum absolute atomic E-state index is 0.771. The van der Waals surface area contributed by atoms with Crippen LogP contribution in [0.3, 0.4) is 0 Å². The zero-order valence-electron chi connectivity index (χ0n) is 11.3. The van der Waals surface area contributed by atoms with Gasteiger partial charge in [0.25, 0.3) is 0 Å². The monoisotopic (exact) mass is 309 g/mol. The van der Waals surface area contributed by atoms with Crippen LogP contribution in [0.4, 0.5) is 0 Å². The molecular weight excluding hydrogens is 286 g/mol. The summed E-state index contributed by atoms with van der Waals surface area (Å²) in [6.07, 6.45) is 7.94. The minimum atomic E-state index is 0.771. The van der Waals surface area contributed by atoms with Crippen LogP contribution in [0.1, 0.15) is 44.6 Å². The van der Waals surface area contributed by atoms with Gasteiger partial charge in [-0.2, -0.15) is 0 Å². The van der Waals surface area contributed by atoms with Gasteiger partial charge in [-0.15, -0.1) is 0 Å². The first-order valence-electron chi connectivity index (χ1n) is 7.28. The zero-order valence-corrected chi connectivity index (χ0v) is 12.9. The van der Waals surface area contributed by atoms with Crippen LogP contribution < -0.4 is 5.32 Å². The number of aryl methyl sites for hydroxylation is 1. The molecule has 1 nitrogen and oxygen atoms in total. The van der Waals surface area contributed by atoms with Gasteiger partial charge < -0.3 is 5.32 Å². The first kappa shape index (κ1) is 14.1. The Labute approximate surface area is 119 Å². The van der Waals surface area contributed by atoms with Gasteiger partial charge in [0.05, 0.1) is 0 Å². The summed E-state index contributed by atoms with van der Waals surface area (Å²) in [6.45, 7) is 3.42. The molecule has 0 spiro atoms. The van der Waals surface area contributed by atoms with Crippen LogP contribution in [0.15, 0.2) is 28.7 Å². The molecule has 1 N–H and O–H groups in total. The lowest BCUT2D eigenvalue weighted by atomic mass is 10.0. The van der Waals surface area contributed by atoms with E-state index in [9.17, 15) is 0 Å². The van der Waals surface area contributed by atoms with Gasteiger partial charge >= 0.3 is 0 Å². The lowest BCUT2D eigenvalue weighted by Gasteiger charge is -2.18. The van der Waals surface area contributed by atoms with Crippen molar-refractivity contribution in [2.24, 2.45) is 5.92 Å². The van der Waals surface area contributed by atoms with Crippen molar-refractivity contribution in [2.45, 2.75) is 51.5 Å². The van der Waals surface area contributed by atoms with Gasteiger partial charge in [-0.1, -0.05) is 41.1 Å². The first-order chi connectivity index (χ1) is 8.81. The van der Waals surface area contributed by atoms with Gasteiger partial charge in [0, 0.05) is 10.5 Å². The molecule has 0 radical (unpaired) electrons. The molecule has 0 amide bonds. The standard InChI is InChI=1S/C16H24BrN/c1-2-12-18-16(14-10-11-14)9-5-7-13-6-3-4-8-15(13)17/h3-4,6,8,14,16,18H,2,5,7,9-12H2,1H3. The fraction of sp³-hybridized carbons (Fsp3) is 0.625. The third-order valence-electron chi connectivity index (χ3n) is 3.77. The maximum Gasteiger partial charge on any atom is 0.0207 e. The maximum absolute atomic E-state index is 3.72. The Kier molecular flexibility index (Phi) is 5.71. The van der Waals surface area contributed by atoms with Crippen molar-refractivity contribution in [1.82, 2.24) is 5.32 Å². The summed E-state index contributed by atoms with van der Waals surface area (Å²) < 4.78 is 1.26. The number of hydrogen-bond acceptors (Lipinski definition) is 1. The van der Waals surface area contributed by atoms with Crippen LogP contribution in [0.2, 0.25) is 0 Å². The summed E-state index contributed by atoms with van der Waals surface area (Å²) in [5.41, 5.74) is 1.45. The van der Waals surface area contributed by atoms with Crippen LogP contribution in [-0.2, 0) is 6.42 Å². The van der Waals surface area contributed by atoms with Crippen molar-refractivity contribution < 1.29 is 0 Å². The molecule has 0 heterocycles. The Morgan fingerprint density at radius 3 is 2.78 bits per heavy atom. The molecule has 0 aliphatic heterocycles. The average molecular weight is 310 g/mol. The van der Waals surface area contributed by atoms with Gasteiger partial charge in [-0.3, -0.25) is 0 Å². The molecule has 1 atom stereocenters. The third-order valence-corrected chi connectivity index (χ3v) is 4.54. The number of rotatable bonds is 8. The molecule has 2 heteroatoms. The second-order valence-corrected chi connectivity index (χ2v) is 6.24. The molecule has 1 aromatic rings. The Morgan fingerprint density at radius 1 is 1.33 bits per heavy atom. The van der Waals surface area contributed by atoms with Gasteiger partial charge in [0.15, 0.2) is 0 Å². The summed E-state index contributed by atoms with van der Waals surface area (Å²) in [4.78, 5) is 0. The fourth-order valence-electron chi connectivity index (χ4n) is 2.55. The van der Waals surface area contributed by atoms with Gasteiger partial charge in [0.2, 0.25) is 0 Å². The molecular formula is C16H24BrN. The topological polar surface area (TPSA) is 12.0 Å². The molecule has 0 aromatic heterocycles. The van der Waals surface area contributed by atoms with E-state index in [-0.39, 0.29) is 0 Å². The number of benzene rings is 1. The van der Waals surface area contributed by atoms with Crippen LogP contribution in [0.25, 0.3) is 0 Å². The van der Waals surface area contributed by atoms with Gasteiger partial charge in [0.1, 0.15) is 0 Å². The summed E-state index contributed by atoms with van der Waals surface area (Å²) >= 11 is 3.63. The number of nitrogens with one attached hydrogen (secondary N) is 1. The van der Waals surface area contributed by atoms with E-state index < -0.39 is 0 Å². The minimum Gasteiger partial charge on any atom is -0.314 e. The normalized spacial score (nSPS) is 16.8. The van der Waals surface area contributed by atoms with E-state index in [4.69, 9.17) is 0 Å². The molecule has 0 saturated heterocycles. The molecule has 100 valence electrons. The molecule has 1 fully saturated rings. The second kappa shape index (κ2) is 7.30. The van der Waals surface area contributed by atoms with Crippen molar-refractivity contribution in [3.8, 4) is 0 Å². The lowest BCUT2D eigenvalue weighted by Crippen LogP contribution is -2.31. The average Bonchev–Trinajstić information content (AvgIpc) is 3.20. The largest absolute Gasteiger partial charge is 0.314 e. The Bertz CT molecular complexity index is 360. The van der Waals surface area contributed by atoms with E-state index in [0.717, 1.165) is 12.0 Å². The summed E-state index contributed by atoms with van der Waals surface area (Å²) in [7, 11) is 0. The number of hydrogen-bond donors (Lipinski definition) is 1. The quantitative estimate of drug-likeness (QED) is 0.743. The van der Waals surface area contributed by atoms with Crippen molar-refractivity contribution in [2.75, 3.05) is 6.54 Å². The van der Waals surface area contributed by atoms with E-state index >= 15 is 0 Å². The van der Waals surface area contributed by atoms with Crippen molar-refractivity contribution in [1.29, 1.82) is 0 Å². The van der Waals surface area contributed by atoms with Crippen LogP contribution >= 0.6 is 15.9 Å². The van der Waals surface area contributed by atoms with Gasteiger partial charge in [-0.05, 0) is 62.6 Å². The second-order valence-electron chi connectivity index (χ2n) is 5.38. The first-order valence-corrected chi connectivity index (χ1v) is 8.07. The van der Waals surface area contributed by atoms with Crippen LogP contribution in [-0.4, -0.2) is 12.6 Å². The maximum atomic E-state index is 3.72. The molecule has 1 unspecified atom stereocenters. The summed E-state index contributed by atoms with van der Waals surface area (Å²) in [5.74, 6) is 0.968. The van der Waals surface area contributed by atoms with Crippen molar-refractivity contribution in [3.05, 3.63) is 34.3 Å². The van der Waals surface area contributed by atoms with E-state index in [0.29, 0.717) is 0 Å². The van der Waals surface area contributed by atoms with Crippen LogP contribution in [0, 0.1) is 5.92 Å². The summed E-state index contributed by atoms with van der Waals surface area (Å²) in [5, 5.41) is 3.72. The van der Waals surface area contributed by atoms with E-state index in [1.807, 2.05) is 0 Å². The van der Waals surface area contributed by atoms with Gasteiger partial charge in [-0.25, -0.2) is 0 Å². The summed E-state index contributed by atoms with van der Waals surface area (Å²) in [6, 6.07) is 9.36. The highest BCUT2D eigenvalue weighted by molar-refractivity contribution is 9.10. The zero-order chi connectivity index (χ0) is 12.8. The Balaban J connectivity index is 1.74. The fourth-order valence-corrected chi connectivity index (χ4v) is 3.03. The molecule has 1 aliphatic rings. The molecule has 0 bridgehead atoms. The highest BCUT2D eigenvalue weighted by Crippen LogP contribution is 2.34. The smallest absolute Gasteiger partial charge is 0.0207 e. The molecule has 1 aliphatic carbocycles. The third kappa shape index (κ3) is 4.40. The predicted octanol–water partition coefficient (Wildman–Crippen LogP) is 4.55. The molecule has 18 heavy (non-hydrogen) atoms. The highest BCUT2D eigenvalue weighted by atomic mass is 79.9. The molecule has 1 saturated carbocycles. The van der Waals surface area contributed by atoms with Crippen molar-refractivity contribution in [3.63, 3.8) is 0 Å².